The second-order valence-electron chi connectivity index (χ2n) is 8.09. The Bertz CT molecular complexity index is 1270. The Hall–Kier alpha value is -4.26. The van der Waals surface area contributed by atoms with E-state index in [9.17, 15) is 34.6 Å². The van der Waals surface area contributed by atoms with Gasteiger partial charge in [0.1, 0.15) is 0 Å². The number of nitro groups is 2. The molecule has 2 aliphatic heterocycles. The minimum Gasteiger partial charge on any atom is -0.371 e. The number of carbonyl (C=O) groups is 3. The molecule has 4 rings (SSSR count). The van der Waals surface area contributed by atoms with Crippen molar-refractivity contribution in [2.45, 2.75) is 12.8 Å². The van der Waals surface area contributed by atoms with Crippen molar-refractivity contribution in [1.82, 2.24) is 10.2 Å². The van der Waals surface area contributed by atoms with Crippen LogP contribution < -0.4 is 10.2 Å². The molecule has 2 aliphatic rings. The zero-order chi connectivity index (χ0) is 25.8. The van der Waals surface area contributed by atoms with Gasteiger partial charge in [0.2, 0.25) is 0 Å². The van der Waals surface area contributed by atoms with Gasteiger partial charge in [-0.2, -0.15) is 0 Å². The maximum Gasteiger partial charge on any atom is 0.293 e. The predicted octanol–water partition coefficient (Wildman–Crippen LogP) is 3.57. The van der Waals surface area contributed by atoms with Gasteiger partial charge in [0, 0.05) is 50.4 Å². The van der Waals surface area contributed by atoms with Gasteiger partial charge in [0.15, 0.2) is 0 Å². The van der Waals surface area contributed by atoms with Gasteiger partial charge < -0.3 is 10.2 Å². The van der Waals surface area contributed by atoms with Crippen LogP contribution >= 0.6 is 11.8 Å². The summed E-state index contributed by atoms with van der Waals surface area (Å²) in [7, 11) is 0. The average molecular weight is 512 g/mol. The number of nitrogens with zero attached hydrogens (tertiary/aromatic N) is 4. The lowest BCUT2D eigenvalue weighted by Crippen LogP contribution is -2.37. The first-order valence-corrected chi connectivity index (χ1v) is 11.9. The van der Waals surface area contributed by atoms with Crippen LogP contribution in [0.2, 0.25) is 0 Å². The Kier molecular flexibility index (Phi) is 7.29. The molecule has 3 amide bonds. The number of nitrogens with one attached hydrogen (secondary N) is 1. The number of hydrogen-bond donors (Lipinski definition) is 1. The van der Waals surface area contributed by atoms with Gasteiger partial charge in [-0.1, -0.05) is 0 Å². The molecule has 12 nitrogen and oxygen atoms in total. The van der Waals surface area contributed by atoms with Gasteiger partial charge in [-0.05, 0) is 54.4 Å². The molecule has 2 aromatic carbocycles. The first kappa shape index (κ1) is 24.9. The van der Waals surface area contributed by atoms with Crippen LogP contribution in [-0.2, 0) is 4.79 Å². The molecule has 0 spiro atoms. The second-order valence-corrected chi connectivity index (χ2v) is 9.08. The fourth-order valence-corrected chi connectivity index (χ4v) is 4.83. The molecule has 0 radical (unpaired) electrons. The highest BCUT2D eigenvalue weighted by molar-refractivity contribution is 8.18. The lowest BCUT2D eigenvalue weighted by Gasteiger charge is -2.21. The minimum absolute atomic E-state index is 0.0379. The van der Waals surface area contributed by atoms with Crippen molar-refractivity contribution in [2.75, 3.05) is 31.1 Å². The summed E-state index contributed by atoms with van der Waals surface area (Å²) < 4.78 is 0. The Balaban J connectivity index is 1.41. The maximum absolute atomic E-state index is 12.9. The minimum atomic E-state index is -0.567. The standard InChI is InChI=1S/C23H21N5O7S/c29-21(18-14-17(28(34)35)7-8-19(18)25-10-1-2-11-25)24-9-12-26-22(30)20(36-23(26)31)13-15-3-5-16(6-4-15)27(32)33/h3-8,13-14H,1-2,9-12H2,(H,24,29). The van der Waals surface area contributed by atoms with Crippen molar-refractivity contribution in [3.05, 3.63) is 78.7 Å². The molecule has 2 fully saturated rings. The topological polar surface area (TPSA) is 156 Å². The zero-order valence-corrected chi connectivity index (χ0v) is 19.7. The number of amides is 3. The number of imide groups is 1. The monoisotopic (exact) mass is 511 g/mol. The van der Waals surface area contributed by atoms with Crippen LogP contribution in [-0.4, -0.2) is 58.0 Å². The van der Waals surface area contributed by atoms with Crippen LogP contribution in [0.5, 0.6) is 0 Å². The first-order valence-electron chi connectivity index (χ1n) is 11.1. The van der Waals surface area contributed by atoms with Crippen LogP contribution in [0, 0.1) is 20.2 Å². The Morgan fingerprint density at radius 3 is 2.28 bits per heavy atom. The van der Waals surface area contributed by atoms with Crippen molar-refractivity contribution in [3.8, 4) is 0 Å². The molecule has 0 saturated carbocycles. The summed E-state index contributed by atoms with van der Waals surface area (Å²) in [6, 6.07) is 9.72. The highest BCUT2D eigenvalue weighted by Gasteiger charge is 2.35. The van der Waals surface area contributed by atoms with Gasteiger partial charge in [-0.15, -0.1) is 0 Å². The third kappa shape index (κ3) is 5.35. The number of benzene rings is 2. The van der Waals surface area contributed by atoms with Crippen molar-refractivity contribution in [2.24, 2.45) is 0 Å². The van der Waals surface area contributed by atoms with Crippen molar-refractivity contribution < 1.29 is 24.2 Å². The molecule has 2 saturated heterocycles. The Morgan fingerprint density at radius 1 is 1.00 bits per heavy atom. The Labute approximate surface area is 209 Å². The number of non-ortho nitro benzene ring substituents is 2. The van der Waals surface area contributed by atoms with E-state index in [0.29, 0.717) is 11.3 Å². The van der Waals surface area contributed by atoms with E-state index in [2.05, 4.69) is 5.32 Å². The summed E-state index contributed by atoms with van der Waals surface area (Å²) in [4.78, 5) is 62.0. The van der Waals surface area contributed by atoms with Crippen LogP contribution in [0.4, 0.5) is 21.9 Å². The highest BCUT2D eigenvalue weighted by Crippen LogP contribution is 2.32. The summed E-state index contributed by atoms with van der Waals surface area (Å²) >= 11 is 0.737. The second kappa shape index (κ2) is 10.6. The van der Waals surface area contributed by atoms with E-state index in [1.165, 1.54) is 42.5 Å². The van der Waals surface area contributed by atoms with E-state index in [1.54, 1.807) is 6.07 Å². The van der Waals surface area contributed by atoms with E-state index in [4.69, 9.17) is 0 Å². The molecule has 2 heterocycles. The number of thioether (sulfide) groups is 1. The third-order valence-electron chi connectivity index (χ3n) is 5.78. The summed E-state index contributed by atoms with van der Waals surface area (Å²) in [5.74, 6) is -1.07. The lowest BCUT2D eigenvalue weighted by atomic mass is 10.1. The molecule has 0 bridgehead atoms. The van der Waals surface area contributed by atoms with Gasteiger partial charge in [-0.25, -0.2) is 0 Å². The van der Waals surface area contributed by atoms with E-state index in [1.807, 2.05) is 4.90 Å². The van der Waals surface area contributed by atoms with E-state index in [-0.39, 0.29) is 34.9 Å². The molecule has 1 N–H and O–H groups in total. The summed E-state index contributed by atoms with van der Waals surface area (Å²) in [5, 5.41) is 24.1. The fourth-order valence-electron chi connectivity index (χ4n) is 3.97. The number of nitro benzene ring substituents is 2. The Morgan fingerprint density at radius 2 is 1.64 bits per heavy atom. The molecule has 186 valence electrons. The molecule has 0 aliphatic carbocycles. The highest BCUT2D eigenvalue weighted by atomic mass is 32.2. The van der Waals surface area contributed by atoms with Gasteiger partial charge in [-0.3, -0.25) is 39.5 Å². The van der Waals surface area contributed by atoms with Crippen molar-refractivity contribution in [3.63, 3.8) is 0 Å². The fraction of sp³-hybridized carbons (Fsp3) is 0.261. The quantitative estimate of drug-likeness (QED) is 0.318. The molecular weight excluding hydrogens is 490 g/mol. The number of hydrogen-bond acceptors (Lipinski definition) is 9. The average Bonchev–Trinajstić information content (AvgIpc) is 3.48. The SMILES string of the molecule is O=C(NCCN1C(=O)SC(=Cc2ccc([N+](=O)[O-])cc2)C1=O)c1cc([N+](=O)[O-])ccc1N1CCCC1. The molecule has 0 atom stereocenters. The number of rotatable bonds is 8. The van der Waals surface area contributed by atoms with Crippen LogP contribution in [0.1, 0.15) is 28.8 Å². The molecule has 0 aromatic heterocycles. The first-order chi connectivity index (χ1) is 17.2. The number of anilines is 1. The van der Waals surface area contributed by atoms with E-state index in [0.717, 1.165) is 42.6 Å². The molecule has 0 unspecified atom stereocenters. The van der Waals surface area contributed by atoms with Gasteiger partial charge in [0.05, 0.1) is 26.0 Å². The smallest absolute Gasteiger partial charge is 0.293 e. The summed E-state index contributed by atoms with van der Waals surface area (Å²) in [5.41, 5.74) is 1.00. The van der Waals surface area contributed by atoms with Gasteiger partial charge in [0.25, 0.3) is 28.4 Å². The lowest BCUT2D eigenvalue weighted by molar-refractivity contribution is -0.385. The van der Waals surface area contributed by atoms with E-state index >= 15 is 0 Å². The zero-order valence-electron chi connectivity index (χ0n) is 18.9. The normalized spacial score (nSPS) is 16.6. The molecule has 2 aromatic rings. The predicted molar refractivity (Wildman–Crippen MR) is 133 cm³/mol. The number of carbonyl (C=O) groups excluding carboxylic acids is 3. The van der Waals surface area contributed by atoms with Crippen molar-refractivity contribution in [1.29, 1.82) is 0 Å². The maximum atomic E-state index is 12.9. The van der Waals surface area contributed by atoms with E-state index < -0.39 is 26.9 Å². The third-order valence-corrected chi connectivity index (χ3v) is 6.69. The summed E-state index contributed by atoms with van der Waals surface area (Å²) in [6.07, 6.45) is 3.40. The van der Waals surface area contributed by atoms with Crippen LogP contribution in [0.3, 0.4) is 0 Å². The van der Waals surface area contributed by atoms with Crippen LogP contribution in [0.25, 0.3) is 6.08 Å². The van der Waals surface area contributed by atoms with Crippen molar-refractivity contribution >= 4 is 52.0 Å². The van der Waals surface area contributed by atoms with Gasteiger partial charge >= 0.3 is 0 Å². The molecule has 36 heavy (non-hydrogen) atoms. The largest absolute Gasteiger partial charge is 0.371 e. The van der Waals surface area contributed by atoms with Crippen LogP contribution in [0.15, 0.2) is 47.4 Å². The molecule has 13 heteroatoms. The molecular formula is C23H21N5O7S. The summed E-state index contributed by atoms with van der Waals surface area (Å²) in [6.45, 7) is 1.37.